The molecule has 17 heavy (non-hydrogen) atoms. The van der Waals surface area contributed by atoms with Crippen molar-refractivity contribution in [2.45, 2.75) is 6.42 Å². The highest BCUT2D eigenvalue weighted by molar-refractivity contribution is 6.33. The van der Waals surface area contributed by atoms with E-state index in [0.29, 0.717) is 23.8 Å². The molecule has 5 heteroatoms. The van der Waals surface area contributed by atoms with E-state index >= 15 is 0 Å². The van der Waals surface area contributed by atoms with Crippen molar-refractivity contribution < 1.29 is 5.11 Å². The second-order valence-electron chi connectivity index (χ2n) is 3.71. The highest BCUT2D eigenvalue weighted by Crippen LogP contribution is 2.32. The van der Waals surface area contributed by atoms with Gasteiger partial charge < -0.3 is 16.2 Å². The van der Waals surface area contributed by atoms with E-state index in [1.807, 2.05) is 24.3 Å². The number of anilines is 2. The van der Waals surface area contributed by atoms with Gasteiger partial charge in [-0.05, 0) is 12.5 Å². The topological polar surface area (TPSA) is 71.2 Å². The Hall–Kier alpha value is -1.52. The monoisotopic (exact) mass is 251 g/mol. The summed E-state index contributed by atoms with van der Waals surface area (Å²) >= 11 is 5.98. The molecule has 0 aliphatic rings. The Labute approximate surface area is 104 Å². The molecule has 0 saturated carbocycles. The van der Waals surface area contributed by atoms with Gasteiger partial charge in [0, 0.05) is 18.5 Å². The van der Waals surface area contributed by atoms with Gasteiger partial charge in [-0.2, -0.15) is 0 Å². The number of pyridine rings is 1. The molecule has 4 N–H and O–H groups in total. The Bertz CT molecular complexity index is 530. The van der Waals surface area contributed by atoms with Crippen molar-refractivity contribution in [1.29, 1.82) is 0 Å². The Morgan fingerprint density at radius 1 is 1.35 bits per heavy atom. The molecule has 0 atom stereocenters. The summed E-state index contributed by atoms with van der Waals surface area (Å²) in [6.07, 6.45) is 0.660. The standard InChI is InChI=1S/C12H14ClN3O/c13-12-10(14)11(15-6-3-7-17)8-4-1-2-5-9(8)16-12/h1-2,4-5,17H,3,6-7,14H2,(H,15,16). The van der Waals surface area contributed by atoms with Crippen LogP contribution in [0.3, 0.4) is 0 Å². The number of halogens is 1. The van der Waals surface area contributed by atoms with Gasteiger partial charge in [0.2, 0.25) is 0 Å². The fourth-order valence-corrected chi connectivity index (χ4v) is 1.87. The summed E-state index contributed by atoms with van der Waals surface area (Å²) in [5.74, 6) is 0. The minimum Gasteiger partial charge on any atom is -0.396 e. The molecule has 0 saturated heterocycles. The van der Waals surface area contributed by atoms with Crippen LogP contribution < -0.4 is 11.1 Å². The number of benzene rings is 1. The maximum absolute atomic E-state index is 8.77. The first-order valence-corrected chi connectivity index (χ1v) is 5.80. The molecule has 0 fully saturated rings. The predicted octanol–water partition coefficient (Wildman–Crippen LogP) is 2.26. The number of hydrogen-bond acceptors (Lipinski definition) is 4. The van der Waals surface area contributed by atoms with Crippen molar-refractivity contribution in [3.63, 3.8) is 0 Å². The van der Waals surface area contributed by atoms with Crippen LogP contribution in [0.1, 0.15) is 6.42 Å². The number of rotatable bonds is 4. The number of aliphatic hydroxyl groups excluding tert-OH is 1. The van der Waals surface area contributed by atoms with Crippen LogP contribution in [0.2, 0.25) is 5.15 Å². The summed E-state index contributed by atoms with van der Waals surface area (Å²) in [6.45, 7) is 0.786. The van der Waals surface area contributed by atoms with E-state index in [1.165, 1.54) is 0 Å². The molecule has 0 spiro atoms. The summed E-state index contributed by atoms with van der Waals surface area (Å²) in [6, 6.07) is 7.65. The summed E-state index contributed by atoms with van der Waals surface area (Å²) in [5.41, 5.74) is 7.95. The third-order valence-corrected chi connectivity index (χ3v) is 2.81. The van der Waals surface area contributed by atoms with Gasteiger partial charge >= 0.3 is 0 Å². The van der Waals surface area contributed by atoms with Crippen LogP contribution >= 0.6 is 11.6 Å². The van der Waals surface area contributed by atoms with E-state index in [4.69, 9.17) is 22.4 Å². The first-order chi connectivity index (χ1) is 8.24. The quantitative estimate of drug-likeness (QED) is 0.576. The predicted molar refractivity (Wildman–Crippen MR) is 71.4 cm³/mol. The number of nitrogens with two attached hydrogens (primary N) is 1. The third kappa shape index (κ3) is 2.43. The summed E-state index contributed by atoms with van der Waals surface area (Å²) in [4.78, 5) is 4.22. The van der Waals surface area contributed by atoms with E-state index in [9.17, 15) is 0 Å². The maximum Gasteiger partial charge on any atom is 0.154 e. The Balaban J connectivity index is 2.46. The number of nitrogens with one attached hydrogen (secondary N) is 1. The molecule has 0 aliphatic carbocycles. The van der Waals surface area contributed by atoms with Crippen LogP contribution in [0, 0.1) is 0 Å². The molecule has 0 amide bonds. The number of aliphatic hydroxyl groups is 1. The van der Waals surface area contributed by atoms with E-state index in [2.05, 4.69) is 10.3 Å². The number of nitrogens with zero attached hydrogens (tertiary/aromatic N) is 1. The molecule has 1 aromatic carbocycles. The lowest BCUT2D eigenvalue weighted by atomic mass is 10.1. The lowest BCUT2D eigenvalue weighted by Gasteiger charge is -2.12. The second-order valence-corrected chi connectivity index (χ2v) is 4.07. The third-order valence-electron chi connectivity index (χ3n) is 2.52. The molecule has 4 nitrogen and oxygen atoms in total. The SMILES string of the molecule is Nc1c(Cl)nc2ccccc2c1NCCCO. The molecule has 1 aromatic heterocycles. The molecule has 0 bridgehead atoms. The van der Waals surface area contributed by atoms with Gasteiger partial charge in [-0.1, -0.05) is 29.8 Å². The Kier molecular flexibility index (Phi) is 3.66. The molecule has 0 radical (unpaired) electrons. The van der Waals surface area contributed by atoms with Crippen molar-refractivity contribution in [3.8, 4) is 0 Å². The zero-order valence-corrected chi connectivity index (χ0v) is 10.0. The van der Waals surface area contributed by atoms with Gasteiger partial charge in [-0.25, -0.2) is 4.98 Å². The van der Waals surface area contributed by atoms with Gasteiger partial charge in [-0.15, -0.1) is 0 Å². The number of aromatic nitrogens is 1. The van der Waals surface area contributed by atoms with Crippen LogP contribution in [0.25, 0.3) is 10.9 Å². The fourth-order valence-electron chi connectivity index (χ4n) is 1.68. The number of fused-ring (bicyclic) bond motifs is 1. The van der Waals surface area contributed by atoms with Crippen molar-refractivity contribution in [2.24, 2.45) is 0 Å². The molecule has 0 aliphatic heterocycles. The molecular weight excluding hydrogens is 238 g/mol. The number of para-hydroxylation sites is 1. The number of hydrogen-bond donors (Lipinski definition) is 3. The van der Waals surface area contributed by atoms with Gasteiger partial charge in [0.1, 0.15) is 0 Å². The smallest absolute Gasteiger partial charge is 0.154 e. The number of nitrogen functional groups attached to an aromatic ring is 1. The van der Waals surface area contributed by atoms with Crippen LogP contribution in [0.5, 0.6) is 0 Å². The van der Waals surface area contributed by atoms with Crippen molar-refractivity contribution in [2.75, 3.05) is 24.2 Å². The van der Waals surface area contributed by atoms with E-state index in [0.717, 1.165) is 16.6 Å². The molecule has 0 unspecified atom stereocenters. The fraction of sp³-hybridized carbons (Fsp3) is 0.250. The van der Waals surface area contributed by atoms with Gasteiger partial charge in [0.15, 0.2) is 5.15 Å². The molecule has 90 valence electrons. The summed E-state index contributed by atoms with van der Waals surface area (Å²) < 4.78 is 0. The van der Waals surface area contributed by atoms with Crippen LogP contribution in [0.15, 0.2) is 24.3 Å². The zero-order valence-electron chi connectivity index (χ0n) is 9.28. The highest BCUT2D eigenvalue weighted by Gasteiger charge is 2.10. The lowest BCUT2D eigenvalue weighted by Crippen LogP contribution is -2.07. The summed E-state index contributed by atoms with van der Waals surface area (Å²) in [7, 11) is 0. The van der Waals surface area contributed by atoms with Gasteiger partial charge in [0.25, 0.3) is 0 Å². The van der Waals surface area contributed by atoms with E-state index in [1.54, 1.807) is 0 Å². The second kappa shape index (κ2) is 5.21. The van der Waals surface area contributed by atoms with E-state index in [-0.39, 0.29) is 6.61 Å². The lowest BCUT2D eigenvalue weighted by molar-refractivity contribution is 0.292. The molecule has 2 rings (SSSR count). The minimum absolute atomic E-state index is 0.143. The van der Waals surface area contributed by atoms with Crippen LogP contribution in [-0.4, -0.2) is 23.2 Å². The van der Waals surface area contributed by atoms with Gasteiger partial charge in [0.05, 0.1) is 16.9 Å². The largest absolute Gasteiger partial charge is 0.396 e. The maximum atomic E-state index is 8.77. The average molecular weight is 252 g/mol. The molecule has 1 heterocycles. The minimum atomic E-state index is 0.143. The highest BCUT2D eigenvalue weighted by atomic mass is 35.5. The first-order valence-electron chi connectivity index (χ1n) is 5.42. The molecular formula is C12H14ClN3O. The van der Waals surface area contributed by atoms with Crippen molar-refractivity contribution in [1.82, 2.24) is 4.98 Å². The Morgan fingerprint density at radius 2 is 2.12 bits per heavy atom. The van der Waals surface area contributed by atoms with Crippen LogP contribution in [0.4, 0.5) is 11.4 Å². The van der Waals surface area contributed by atoms with Crippen molar-refractivity contribution in [3.05, 3.63) is 29.4 Å². The first kappa shape index (κ1) is 12.0. The van der Waals surface area contributed by atoms with Crippen LogP contribution in [-0.2, 0) is 0 Å². The average Bonchev–Trinajstić information content (AvgIpc) is 2.34. The summed E-state index contributed by atoms with van der Waals surface area (Å²) in [5, 5.41) is 13.2. The Morgan fingerprint density at radius 3 is 2.88 bits per heavy atom. The van der Waals surface area contributed by atoms with E-state index < -0.39 is 0 Å². The van der Waals surface area contributed by atoms with Gasteiger partial charge in [-0.3, -0.25) is 0 Å². The normalized spacial score (nSPS) is 10.7. The van der Waals surface area contributed by atoms with Crippen molar-refractivity contribution >= 4 is 33.9 Å². The zero-order chi connectivity index (χ0) is 12.3. The molecule has 2 aromatic rings.